The lowest BCUT2D eigenvalue weighted by molar-refractivity contribution is 0.484. The number of ether oxygens (including phenoxy) is 1. The fourth-order valence-corrected chi connectivity index (χ4v) is 9.46. The van der Waals surface area contributed by atoms with E-state index in [0.29, 0.717) is 23.7 Å². The highest BCUT2D eigenvalue weighted by Gasteiger charge is 2.24. The topological polar surface area (TPSA) is 56.7 Å². The van der Waals surface area contributed by atoms with Crippen LogP contribution in [0.3, 0.4) is 0 Å². The van der Waals surface area contributed by atoms with Gasteiger partial charge in [0.15, 0.2) is 0 Å². The van der Waals surface area contributed by atoms with E-state index in [4.69, 9.17) is 14.7 Å². The SMILES string of the molecule is CC(C)c1cccc(C(C)C)c1-c1cnc2c3cc(Oc4ccc5c6ccncc6n6c(-c7c(C(C)C)cccc7C(C)C)cnc6c5c4)ccc3c3ccccc3n12. The van der Waals surface area contributed by atoms with Crippen LogP contribution in [0.1, 0.15) is 101 Å². The second kappa shape index (κ2) is 14.1. The highest BCUT2D eigenvalue weighted by atomic mass is 16.5. The zero-order chi connectivity index (χ0) is 40.7. The van der Waals surface area contributed by atoms with Gasteiger partial charge in [0.1, 0.15) is 22.8 Å². The second-order valence-corrected chi connectivity index (χ2v) is 17.3. The first-order valence-electron chi connectivity index (χ1n) is 21.0. The molecule has 0 spiro atoms. The molecule has 0 bridgehead atoms. The highest BCUT2D eigenvalue weighted by Crippen LogP contribution is 2.43. The van der Waals surface area contributed by atoms with Crippen LogP contribution in [0.4, 0.5) is 0 Å². The smallest absolute Gasteiger partial charge is 0.145 e. The normalized spacial score (nSPS) is 12.3. The van der Waals surface area contributed by atoms with Gasteiger partial charge in [-0.15, -0.1) is 0 Å². The van der Waals surface area contributed by atoms with Gasteiger partial charge in [-0.3, -0.25) is 13.8 Å². The molecule has 6 heteroatoms. The van der Waals surface area contributed by atoms with Crippen LogP contribution >= 0.6 is 0 Å². The van der Waals surface area contributed by atoms with Gasteiger partial charge < -0.3 is 4.74 Å². The molecular formula is C53H49N5O. The van der Waals surface area contributed by atoms with Crippen LogP contribution < -0.4 is 4.74 Å². The van der Waals surface area contributed by atoms with E-state index in [0.717, 1.165) is 72.1 Å². The van der Waals surface area contributed by atoms with Gasteiger partial charge in [-0.2, -0.15) is 0 Å². The zero-order valence-electron chi connectivity index (χ0n) is 35.1. The van der Waals surface area contributed by atoms with Crippen LogP contribution in [0.5, 0.6) is 11.5 Å². The van der Waals surface area contributed by atoms with Gasteiger partial charge in [-0.05, 0) is 105 Å². The third-order valence-electron chi connectivity index (χ3n) is 12.2. The van der Waals surface area contributed by atoms with Crippen LogP contribution in [0, 0.1) is 0 Å². The molecule has 5 heterocycles. The van der Waals surface area contributed by atoms with Crippen molar-refractivity contribution in [2.45, 2.75) is 79.1 Å². The Morgan fingerprint density at radius 3 is 1.37 bits per heavy atom. The van der Waals surface area contributed by atoms with Crippen LogP contribution in [0.15, 0.2) is 128 Å². The van der Waals surface area contributed by atoms with Gasteiger partial charge in [0.25, 0.3) is 0 Å². The first-order chi connectivity index (χ1) is 28.6. The summed E-state index contributed by atoms with van der Waals surface area (Å²) >= 11 is 0. The summed E-state index contributed by atoms with van der Waals surface area (Å²) in [6.07, 6.45) is 7.96. The van der Waals surface area contributed by atoms with Crippen molar-refractivity contribution >= 4 is 54.6 Å². The maximum absolute atomic E-state index is 6.82. The fourth-order valence-electron chi connectivity index (χ4n) is 9.46. The molecular weight excluding hydrogens is 723 g/mol. The summed E-state index contributed by atoms with van der Waals surface area (Å²) in [7, 11) is 0. The lowest BCUT2D eigenvalue weighted by Crippen LogP contribution is -2.02. The number of hydrogen-bond acceptors (Lipinski definition) is 4. The van der Waals surface area contributed by atoms with Gasteiger partial charge >= 0.3 is 0 Å². The Balaban J connectivity index is 1.15. The average Bonchev–Trinajstić information content (AvgIpc) is 3.89. The Morgan fingerprint density at radius 1 is 0.424 bits per heavy atom. The van der Waals surface area contributed by atoms with E-state index in [-0.39, 0.29) is 0 Å². The molecule has 0 atom stereocenters. The predicted octanol–water partition coefficient (Wildman–Crippen LogP) is 14.6. The lowest BCUT2D eigenvalue weighted by Gasteiger charge is -2.20. The lowest BCUT2D eigenvalue weighted by atomic mass is 9.87. The van der Waals surface area contributed by atoms with Crippen molar-refractivity contribution in [1.82, 2.24) is 23.8 Å². The van der Waals surface area contributed by atoms with Gasteiger partial charge in [0, 0.05) is 38.9 Å². The fraction of sp³-hybridized carbons (Fsp3) is 0.226. The number of aromatic nitrogens is 5. The summed E-state index contributed by atoms with van der Waals surface area (Å²) in [5, 5.41) is 6.63. The molecule has 292 valence electrons. The Bertz CT molecular complexity index is 3000. The minimum Gasteiger partial charge on any atom is -0.457 e. The minimum absolute atomic E-state index is 0.349. The van der Waals surface area contributed by atoms with E-state index in [1.54, 1.807) is 0 Å². The number of fused-ring (bicyclic) bond motifs is 12. The summed E-state index contributed by atoms with van der Waals surface area (Å²) in [5.74, 6) is 2.92. The Hall–Kier alpha value is -6.53. The van der Waals surface area contributed by atoms with Crippen molar-refractivity contribution < 1.29 is 4.74 Å². The second-order valence-electron chi connectivity index (χ2n) is 17.3. The van der Waals surface area contributed by atoms with E-state index in [9.17, 15) is 0 Å². The van der Waals surface area contributed by atoms with Crippen LogP contribution in [-0.2, 0) is 0 Å². The molecule has 0 radical (unpaired) electrons. The maximum atomic E-state index is 6.82. The molecule has 0 amide bonds. The van der Waals surface area contributed by atoms with Crippen molar-refractivity contribution in [1.29, 1.82) is 0 Å². The number of hydrogen-bond donors (Lipinski definition) is 0. The quantitative estimate of drug-likeness (QED) is 0.144. The van der Waals surface area contributed by atoms with Gasteiger partial charge in [0.05, 0.1) is 41.0 Å². The Morgan fingerprint density at radius 2 is 0.881 bits per heavy atom. The van der Waals surface area contributed by atoms with Gasteiger partial charge in [-0.25, -0.2) is 9.97 Å². The molecule has 0 aliphatic carbocycles. The van der Waals surface area contributed by atoms with Gasteiger partial charge in [-0.1, -0.05) is 110 Å². The number of imidazole rings is 2. The number of para-hydroxylation sites is 1. The van der Waals surface area contributed by atoms with Crippen molar-refractivity contribution in [3.8, 4) is 34.0 Å². The standard InChI is InChI=1S/C53H49N5O/c1-30(2)36-14-11-15-37(31(3)4)50(36)48-28-55-52-44-25-34(19-21-40(44)42-13-9-10-18-46(42)57(48)52)59-35-20-22-41-43-23-24-54-27-47(43)58-49(29-56-53(58)45(41)26-35)51-38(32(5)6)16-12-17-39(51)33(7)8/h9-33H,1-8H3. The predicted molar refractivity (Wildman–Crippen MR) is 246 cm³/mol. The number of nitrogens with zero attached hydrogens (tertiary/aromatic N) is 5. The minimum atomic E-state index is 0.349. The number of benzene rings is 5. The Labute approximate surface area is 345 Å². The molecule has 0 fully saturated rings. The van der Waals surface area contributed by atoms with Crippen LogP contribution in [-0.4, -0.2) is 23.8 Å². The van der Waals surface area contributed by atoms with E-state index < -0.39 is 0 Å². The molecule has 0 saturated carbocycles. The highest BCUT2D eigenvalue weighted by molar-refractivity contribution is 6.14. The molecule has 5 aromatic heterocycles. The van der Waals surface area contributed by atoms with Crippen molar-refractivity contribution in [2.75, 3.05) is 0 Å². The first-order valence-corrected chi connectivity index (χ1v) is 21.0. The molecule has 0 unspecified atom stereocenters. The number of pyridine rings is 3. The summed E-state index contributed by atoms with van der Waals surface area (Å²) in [6, 6.07) is 37.0. The summed E-state index contributed by atoms with van der Waals surface area (Å²) in [6.45, 7) is 18.2. The molecule has 0 aliphatic rings. The van der Waals surface area contributed by atoms with E-state index in [1.165, 1.54) is 38.8 Å². The monoisotopic (exact) mass is 771 g/mol. The molecule has 10 aromatic rings. The first kappa shape index (κ1) is 36.8. The zero-order valence-corrected chi connectivity index (χ0v) is 35.1. The van der Waals surface area contributed by atoms with Crippen molar-refractivity contribution in [3.63, 3.8) is 0 Å². The Kier molecular flexibility index (Phi) is 8.78. The van der Waals surface area contributed by atoms with E-state index in [2.05, 4.69) is 179 Å². The molecule has 0 aliphatic heterocycles. The average molecular weight is 772 g/mol. The maximum Gasteiger partial charge on any atom is 0.145 e. The van der Waals surface area contributed by atoms with Crippen LogP contribution in [0.25, 0.3) is 77.2 Å². The summed E-state index contributed by atoms with van der Waals surface area (Å²) < 4.78 is 11.5. The molecule has 6 nitrogen and oxygen atoms in total. The van der Waals surface area contributed by atoms with E-state index in [1.807, 2.05) is 18.6 Å². The number of rotatable bonds is 8. The summed E-state index contributed by atoms with van der Waals surface area (Å²) in [5.41, 5.74) is 14.0. The third-order valence-corrected chi connectivity index (χ3v) is 12.2. The summed E-state index contributed by atoms with van der Waals surface area (Å²) in [4.78, 5) is 14.9. The molecule has 10 rings (SSSR count). The van der Waals surface area contributed by atoms with Crippen molar-refractivity contribution in [3.05, 3.63) is 150 Å². The molecule has 59 heavy (non-hydrogen) atoms. The molecule has 0 N–H and O–H groups in total. The van der Waals surface area contributed by atoms with Crippen LogP contribution in [0.2, 0.25) is 0 Å². The van der Waals surface area contributed by atoms with E-state index >= 15 is 0 Å². The van der Waals surface area contributed by atoms with Gasteiger partial charge in [0.2, 0.25) is 0 Å². The molecule has 0 saturated heterocycles. The third kappa shape index (κ3) is 5.79. The van der Waals surface area contributed by atoms with Crippen molar-refractivity contribution in [2.24, 2.45) is 0 Å². The molecule has 5 aromatic carbocycles. The largest absolute Gasteiger partial charge is 0.457 e.